The maximum Gasteiger partial charge on any atom is 0.255 e. The molecule has 1 atom stereocenters. The molecule has 2 aromatic rings. The van der Waals surface area contributed by atoms with E-state index in [0.717, 1.165) is 31.6 Å². The third-order valence-corrected chi connectivity index (χ3v) is 4.65. The summed E-state index contributed by atoms with van der Waals surface area (Å²) in [5.74, 6) is 1.04. The summed E-state index contributed by atoms with van der Waals surface area (Å²) in [6, 6.07) is 9.74. The Morgan fingerprint density at radius 3 is 3.04 bits per heavy atom. The lowest BCUT2D eigenvalue weighted by atomic mass is 10.1. The van der Waals surface area contributed by atoms with Crippen LogP contribution in [-0.4, -0.2) is 42.5 Å². The summed E-state index contributed by atoms with van der Waals surface area (Å²) in [6.45, 7) is 5.65. The fourth-order valence-electron chi connectivity index (χ4n) is 3.30. The zero-order valence-electron chi connectivity index (χ0n) is 14.9. The summed E-state index contributed by atoms with van der Waals surface area (Å²) in [5.41, 5.74) is 2.89. The van der Waals surface area contributed by atoms with Gasteiger partial charge in [-0.15, -0.1) is 0 Å². The molecule has 0 radical (unpaired) electrons. The number of hydrogen-bond acceptors (Lipinski definition) is 4. The van der Waals surface area contributed by atoms with Crippen LogP contribution < -0.4 is 10.1 Å². The normalized spacial score (nSPS) is 17.4. The van der Waals surface area contributed by atoms with Crippen LogP contribution in [0.15, 0.2) is 42.7 Å². The second kappa shape index (κ2) is 8.12. The summed E-state index contributed by atoms with van der Waals surface area (Å²) < 4.78 is 5.30. The van der Waals surface area contributed by atoms with E-state index in [1.807, 2.05) is 37.4 Å². The van der Waals surface area contributed by atoms with E-state index < -0.39 is 0 Å². The molecule has 1 amide bonds. The SMILES string of the molecule is COc1ccc(C)cc1C(=O)NC[C@H]1CCN(Cc2cccnc2)C1. The molecule has 0 bridgehead atoms. The maximum absolute atomic E-state index is 12.5. The van der Waals surface area contributed by atoms with Crippen molar-refractivity contribution in [3.63, 3.8) is 0 Å². The number of carbonyl (C=O) groups excluding carboxylic acids is 1. The first-order chi connectivity index (χ1) is 12.2. The van der Waals surface area contributed by atoms with E-state index in [1.165, 1.54) is 5.56 Å². The molecule has 0 saturated carbocycles. The number of rotatable bonds is 6. The minimum absolute atomic E-state index is 0.0636. The van der Waals surface area contributed by atoms with Crippen molar-refractivity contribution in [3.8, 4) is 5.75 Å². The first-order valence-electron chi connectivity index (χ1n) is 8.70. The fourth-order valence-corrected chi connectivity index (χ4v) is 3.30. The van der Waals surface area contributed by atoms with Crippen LogP contribution >= 0.6 is 0 Å². The van der Waals surface area contributed by atoms with Gasteiger partial charge in [0.2, 0.25) is 0 Å². The predicted molar refractivity (Wildman–Crippen MR) is 97.7 cm³/mol. The van der Waals surface area contributed by atoms with Gasteiger partial charge in [0.15, 0.2) is 0 Å². The van der Waals surface area contributed by atoms with Gasteiger partial charge in [0.1, 0.15) is 5.75 Å². The van der Waals surface area contributed by atoms with Crippen molar-refractivity contribution in [2.45, 2.75) is 19.9 Å². The number of nitrogens with one attached hydrogen (secondary N) is 1. The fraction of sp³-hybridized carbons (Fsp3) is 0.400. The van der Waals surface area contributed by atoms with Gasteiger partial charge in [-0.25, -0.2) is 0 Å². The van der Waals surface area contributed by atoms with Crippen molar-refractivity contribution in [2.24, 2.45) is 5.92 Å². The Morgan fingerprint density at radius 1 is 1.40 bits per heavy atom. The number of ether oxygens (including phenoxy) is 1. The quantitative estimate of drug-likeness (QED) is 0.879. The summed E-state index contributed by atoms with van der Waals surface area (Å²) in [7, 11) is 1.59. The molecule has 1 aromatic carbocycles. The van der Waals surface area contributed by atoms with E-state index in [0.29, 0.717) is 23.8 Å². The van der Waals surface area contributed by atoms with E-state index in [1.54, 1.807) is 13.3 Å². The summed E-state index contributed by atoms with van der Waals surface area (Å²) in [6.07, 6.45) is 4.82. The molecule has 1 aliphatic rings. The molecule has 2 heterocycles. The van der Waals surface area contributed by atoms with Gasteiger partial charge in [-0.3, -0.25) is 14.7 Å². The van der Waals surface area contributed by atoms with Crippen LogP contribution in [0.2, 0.25) is 0 Å². The van der Waals surface area contributed by atoms with Crippen molar-refractivity contribution in [1.29, 1.82) is 0 Å². The molecular weight excluding hydrogens is 314 g/mol. The highest BCUT2D eigenvalue weighted by Crippen LogP contribution is 2.21. The number of carbonyl (C=O) groups is 1. The van der Waals surface area contributed by atoms with E-state index in [-0.39, 0.29) is 5.91 Å². The zero-order valence-corrected chi connectivity index (χ0v) is 14.9. The van der Waals surface area contributed by atoms with Crippen molar-refractivity contribution in [3.05, 3.63) is 59.4 Å². The summed E-state index contributed by atoms with van der Waals surface area (Å²) in [4.78, 5) is 19.1. The Kier molecular flexibility index (Phi) is 5.66. The highest BCUT2D eigenvalue weighted by molar-refractivity contribution is 5.97. The van der Waals surface area contributed by atoms with Crippen molar-refractivity contribution >= 4 is 5.91 Å². The molecule has 3 rings (SSSR count). The Morgan fingerprint density at radius 2 is 2.28 bits per heavy atom. The van der Waals surface area contributed by atoms with Crippen molar-refractivity contribution in [1.82, 2.24) is 15.2 Å². The lowest BCUT2D eigenvalue weighted by molar-refractivity contribution is 0.0944. The standard InChI is InChI=1S/C20H25N3O2/c1-15-5-6-19(25-2)18(10-15)20(24)22-12-17-7-9-23(14-17)13-16-4-3-8-21-11-16/h3-6,8,10-11,17H,7,9,12-14H2,1-2H3,(H,22,24)/t17-/m1/s1. The van der Waals surface area contributed by atoms with Gasteiger partial charge in [-0.2, -0.15) is 0 Å². The molecule has 5 nitrogen and oxygen atoms in total. The largest absolute Gasteiger partial charge is 0.496 e. The minimum Gasteiger partial charge on any atom is -0.496 e. The molecule has 1 aromatic heterocycles. The van der Waals surface area contributed by atoms with Crippen LogP contribution in [0.5, 0.6) is 5.75 Å². The van der Waals surface area contributed by atoms with Crippen LogP contribution in [0.3, 0.4) is 0 Å². The number of hydrogen-bond donors (Lipinski definition) is 1. The highest BCUT2D eigenvalue weighted by atomic mass is 16.5. The number of aryl methyl sites for hydroxylation is 1. The number of methoxy groups -OCH3 is 1. The number of amides is 1. The Bertz CT molecular complexity index is 718. The van der Waals surface area contributed by atoms with Gasteiger partial charge in [0, 0.05) is 32.0 Å². The monoisotopic (exact) mass is 339 g/mol. The Labute approximate surface area is 149 Å². The number of benzene rings is 1. The average Bonchev–Trinajstić information content (AvgIpc) is 3.08. The first-order valence-corrected chi connectivity index (χ1v) is 8.70. The number of aromatic nitrogens is 1. The van der Waals surface area contributed by atoms with Crippen LogP contribution in [0.1, 0.15) is 27.9 Å². The van der Waals surface area contributed by atoms with Crippen LogP contribution in [0, 0.1) is 12.8 Å². The molecule has 1 fully saturated rings. The van der Waals surface area contributed by atoms with E-state index in [2.05, 4.69) is 21.3 Å². The van der Waals surface area contributed by atoms with Gasteiger partial charge >= 0.3 is 0 Å². The molecular formula is C20H25N3O2. The molecule has 25 heavy (non-hydrogen) atoms. The summed E-state index contributed by atoms with van der Waals surface area (Å²) >= 11 is 0. The third kappa shape index (κ3) is 4.57. The van der Waals surface area contributed by atoms with E-state index >= 15 is 0 Å². The topological polar surface area (TPSA) is 54.5 Å². The Hall–Kier alpha value is -2.40. The molecule has 1 aliphatic heterocycles. The molecule has 0 spiro atoms. The Balaban J connectivity index is 1.51. The maximum atomic E-state index is 12.5. The third-order valence-electron chi connectivity index (χ3n) is 4.65. The van der Waals surface area contributed by atoms with Gasteiger partial charge in [-0.05, 0) is 49.6 Å². The minimum atomic E-state index is -0.0636. The summed E-state index contributed by atoms with van der Waals surface area (Å²) in [5, 5.41) is 3.07. The average molecular weight is 339 g/mol. The first kappa shape index (κ1) is 17.4. The van der Waals surface area contributed by atoms with Gasteiger partial charge in [-0.1, -0.05) is 17.7 Å². The zero-order chi connectivity index (χ0) is 17.6. The van der Waals surface area contributed by atoms with E-state index in [4.69, 9.17) is 4.74 Å². The van der Waals surface area contributed by atoms with Crippen LogP contribution in [0.4, 0.5) is 0 Å². The second-order valence-corrected chi connectivity index (χ2v) is 6.66. The van der Waals surface area contributed by atoms with Gasteiger partial charge < -0.3 is 10.1 Å². The lowest BCUT2D eigenvalue weighted by Gasteiger charge is -2.16. The highest BCUT2D eigenvalue weighted by Gasteiger charge is 2.23. The molecule has 5 heteroatoms. The van der Waals surface area contributed by atoms with E-state index in [9.17, 15) is 4.79 Å². The number of likely N-dealkylation sites (tertiary alicyclic amines) is 1. The molecule has 0 aliphatic carbocycles. The van der Waals surface area contributed by atoms with Gasteiger partial charge in [0.05, 0.1) is 12.7 Å². The number of pyridine rings is 1. The lowest BCUT2D eigenvalue weighted by Crippen LogP contribution is -2.31. The molecule has 1 N–H and O–H groups in total. The molecule has 1 saturated heterocycles. The second-order valence-electron chi connectivity index (χ2n) is 6.66. The van der Waals surface area contributed by atoms with Crippen molar-refractivity contribution in [2.75, 3.05) is 26.7 Å². The van der Waals surface area contributed by atoms with Crippen LogP contribution in [-0.2, 0) is 6.54 Å². The predicted octanol–water partition coefficient (Wildman–Crippen LogP) is 2.65. The van der Waals surface area contributed by atoms with Crippen molar-refractivity contribution < 1.29 is 9.53 Å². The molecule has 132 valence electrons. The smallest absolute Gasteiger partial charge is 0.255 e. The van der Waals surface area contributed by atoms with Crippen LogP contribution in [0.25, 0.3) is 0 Å². The number of nitrogens with zero attached hydrogens (tertiary/aromatic N) is 2. The molecule has 0 unspecified atom stereocenters. The van der Waals surface area contributed by atoms with Gasteiger partial charge in [0.25, 0.3) is 5.91 Å².